The Balaban J connectivity index is 1.47. The van der Waals surface area contributed by atoms with Crippen molar-refractivity contribution in [2.45, 2.75) is 25.3 Å². The van der Waals surface area contributed by atoms with Crippen molar-refractivity contribution in [2.24, 2.45) is 0 Å². The van der Waals surface area contributed by atoms with Crippen molar-refractivity contribution in [1.29, 1.82) is 0 Å². The monoisotopic (exact) mass is 324 g/mol. The number of anilines is 3. The van der Waals surface area contributed by atoms with Crippen LogP contribution in [-0.4, -0.2) is 37.6 Å². The van der Waals surface area contributed by atoms with Gasteiger partial charge in [-0.3, -0.25) is 0 Å². The fraction of sp³-hybridized carbons (Fsp3) is 0.400. The van der Waals surface area contributed by atoms with Gasteiger partial charge in [0, 0.05) is 42.7 Å². The van der Waals surface area contributed by atoms with Crippen molar-refractivity contribution in [2.75, 3.05) is 43.0 Å². The molecule has 0 spiro atoms. The van der Waals surface area contributed by atoms with Gasteiger partial charge >= 0.3 is 0 Å². The van der Waals surface area contributed by atoms with Crippen LogP contribution in [0.1, 0.15) is 18.4 Å². The van der Waals surface area contributed by atoms with Gasteiger partial charge in [0.25, 0.3) is 0 Å². The minimum Gasteiger partial charge on any atom is -0.399 e. The first kappa shape index (κ1) is 16.7. The van der Waals surface area contributed by atoms with Gasteiger partial charge < -0.3 is 21.3 Å². The van der Waals surface area contributed by atoms with Crippen LogP contribution in [0, 0.1) is 0 Å². The lowest BCUT2D eigenvalue weighted by Gasteiger charge is -2.38. The average molecular weight is 324 g/mol. The van der Waals surface area contributed by atoms with Gasteiger partial charge in [0.05, 0.1) is 0 Å². The fourth-order valence-electron chi connectivity index (χ4n) is 3.42. The molecule has 0 saturated carbocycles. The first-order valence-electron chi connectivity index (χ1n) is 8.77. The standard InChI is InChI=1S/C20H28N4/c1-23(13-10-16-2-4-17(21)5-3-16)19-11-14-24(15-12-19)20-8-6-18(22)7-9-20/h2-9,19H,10-15,21-22H2,1H3. The highest BCUT2D eigenvalue weighted by atomic mass is 15.2. The smallest absolute Gasteiger partial charge is 0.0367 e. The van der Waals surface area contributed by atoms with Crippen molar-refractivity contribution < 1.29 is 0 Å². The number of hydrogen-bond donors (Lipinski definition) is 2. The molecule has 1 aliphatic heterocycles. The highest BCUT2D eigenvalue weighted by Crippen LogP contribution is 2.23. The highest BCUT2D eigenvalue weighted by Gasteiger charge is 2.22. The van der Waals surface area contributed by atoms with Crippen LogP contribution in [0.2, 0.25) is 0 Å². The van der Waals surface area contributed by atoms with Gasteiger partial charge in [-0.1, -0.05) is 12.1 Å². The van der Waals surface area contributed by atoms with E-state index in [9.17, 15) is 0 Å². The van der Waals surface area contributed by atoms with Crippen molar-refractivity contribution in [3.8, 4) is 0 Å². The molecule has 1 heterocycles. The second-order valence-corrected chi connectivity index (χ2v) is 6.78. The van der Waals surface area contributed by atoms with E-state index in [4.69, 9.17) is 11.5 Å². The topological polar surface area (TPSA) is 58.5 Å². The van der Waals surface area contributed by atoms with E-state index in [2.05, 4.69) is 41.1 Å². The first-order chi connectivity index (χ1) is 11.6. The summed E-state index contributed by atoms with van der Waals surface area (Å²) < 4.78 is 0. The van der Waals surface area contributed by atoms with E-state index in [1.165, 1.54) is 24.1 Å². The molecule has 4 N–H and O–H groups in total. The minimum atomic E-state index is 0.670. The van der Waals surface area contributed by atoms with Gasteiger partial charge in [-0.15, -0.1) is 0 Å². The molecule has 24 heavy (non-hydrogen) atoms. The van der Waals surface area contributed by atoms with Crippen LogP contribution in [0.25, 0.3) is 0 Å². The van der Waals surface area contributed by atoms with Crippen LogP contribution in [-0.2, 0) is 6.42 Å². The summed E-state index contributed by atoms with van der Waals surface area (Å²) in [5.41, 5.74) is 15.8. The molecule has 128 valence electrons. The number of rotatable bonds is 5. The maximum Gasteiger partial charge on any atom is 0.0367 e. The van der Waals surface area contributed by atoms with Crippen LogP contribution in [0.3, 0.4) is 0 Å². The van der Waals surface area contributed by atoms with Crippen molar-refractivity contribution >= 4 is 17.1 Å². The van der Waals surface area contributed by atoms with Gasteiger partial charge in [-0.25, -0.2) is 0 Å². The summed E-state index contributed by atoms with van der Waals surface area (Å²) in [5, 5.41) is 0. The molecule has 2 aromatic carbocycles. The molecule has 4 heteroatoms. The molecule has 0 bridgehead atoms. The lowest BCUT2D eigenvalue weighted by Crippen LogP contribution is -2.44. The molecule has 0 amide bonds. The molecule has 2 aromatic rings. The number of likely N-dealkylation sites (N-methyl/N-ethyl adjacent to an activating group) is 1. The lowest BCUT2D eigenvalue weighted by molar-refractivity contribution is 0.210. The van der Waals surface area contributed by atoms with Gasteiger partial charge in [0.1, 0.15) is 0 Å². The second kappa shape index (κ2) is 7.58. The molecule has 0 radical (unpaired) electrons. The zero-order valence-electron chi connectivity index (χ0n) is 14.5. The van der Waals surface area contributed by atoms with Gasteiger partial charge in [0.2, 0.25) is 0 Å². The van der Waals surface area contributed by atoms with Gasteiger partial charge in [-0.2, -0.15) is 0 Å². The first-order valence-corrected chi connectivity index (χ1v) is 8.77. The number of benzene rings is 2. The third kappa shape index (κ3) is 4.20. The maximum absolute atomic E-state index is 5.78. The minimum absolute atomic E-state index is 0.670. The molecule has 0 unspecified atom stereocenters. The molecule has 1 aliphatic rings. The van der Waals surface area contributed by atoms with Crippen molar-refractivity contribution in [3.05, 3.63) is 54.1 Å². The third-order valence-electron chi connectivity index (χ3n) is 5.08. The summed E-state index contributed by atoms with van der Waals surface area (Å²) in [7, 11) is 2.25. The van der Waals surface area contributed by atoms with Gasteiger partial charge in [0.15, 0.2) is 0 Å². The van der Waals surface area contributed by atoms with Crippen LogP contribution < -0.4 is 16.4 Å². The van der Waals surface area contributed by atoms with E-state index < -0.39 is 0 Å². The SMILES string of the molecule is CN(CCc1ccc(N)cc1)C1CCN(c2ccc(N)cc2)CC1. The number of nitrogens with two attached hydrogens (primary N) is 2. The number of nitrogen functional groups attached to an aromatic ring is 2. The molecule has 1 saturated heterocycles. The Bertz CT molecular complexity index is 628. The largest absolute Gasteiger partial charge is 0.399 e. The quantitative estimate of drug-likeness (QED) is 0.830. The summed E-state index contributed by atoms with van der Waals surface area (Å²) >= 11 is 0. The molecular formula is C20H28N4. The summed E-state index contributed by atoms with van der Waals surface area (Å²) in [6.07, 6.45) is 3.50. The Labute approximate surface area is 145 Å². The zero-order valence-corrected chi connectivity index (χ0v) is 14.5. The molecule has 1 fully saturated rings. The lowest BCUT2D eigenvalue weighted by atomic mass is 10.0. The Morgan fingerprint density at radius 1 is 0.917 bits per heavy atom. The van der Waals surface area contributed by atoms with E-state index in [0.29, 0.717) is 6.04 Å². The fourth-order valence-corrected chi connectivity index (χ4v) is 3.42. The van der Waals surface area contributed by atoms with E-state index in [1.54, 1.807) is 0 Å². The predicted molar refractivity (Wildman–Crippen MR) is 103 cm³/mol. The zero-order chi connectivity index (χ0) is 16.9. The molecule has 3 rings (SSSR count). The molecular weight excluding hydrogens is 296 g/mol. The van der Waals surface area contributed by atoms with E-state index in [0.717, 1.165) is 37.4 Å². The Hall–Kier alpha value is -2.20. The van der Waals surface area contributed by atoms with E-state index in [1.807, 2.05) is 24.3 Å². The number of nitrogens with zero attached hydrogens (tertiary/aromatic N) is 2. The van der Waals surface area contributed by atoms with E-state index in [-0.39, 0.29) is 0 Å². The molecule has 4 nitrogen and oxygen atoms in total. The van der Waals surface area contributed by atoms with Crippen LogP contribution in [0.4, 0.5) is 17.1 Å². The van der Waals surface area contributed by atoms with E-state index >= 15 is 0 Å². The maximum atomic E-state index is 5.78. The second-order valence-electron chi connectivity index (χ2n) is 6.78. The van der Waals surface area contributed by atoms with Crippen molar-refractivity contribution in [1.82, 2.24) is 4.90 Å². The molecule has 0 atom stereocenters. The van der Waals surface area contributed by atoms with Crippen LogP contribution >= 0.6 is 0 Å². The normalized spacial score (nSPS) is 15.8. The van der Waals surface area contributed by atoms with Gasteiger partial charge in [-0.05, 0) is 68.3 Å². The summed E-state index contributed by atoms with van der Waals surface area (Å²) in [5.74, 6) is 0. The Kier molecular flexibility index (Phi) is 5.26. The van der Waals surface area contributed by atoms with Crippen molar-refractivity contribution in [3.63, 3.8) is 0 Å². The molecule has 0 aromatic heterocycles. The average Bonchev–Trinajstić information content (AvgIpc) is 2.62. The van der Waals surface area contributed by atoms with Crippen LogP contribution in [0.5, 0.6) is 0 Å². The van der Waals surface area contributed by atoms with Crippen LogP contribution in [0.15, 0.2) is 48.5 Å². The Morgan fingerprint density at radius 3 is 2.04 bits per heavy atom. The predicted octanol–water partition coefficient (Wildman–Crippen LogP) is 2.99. The third-order valence-corrected chi connectivity index (χ3v) is 5.08. The summed E-state index contributed by atoms with van der Waals surface area (Å²) in [4.78, 5) is 4.97. The summed E-state index contributed by atoms with van der Waals surface area (Å²) in [6.45, 7) is 3.32. The summed E-state index contributed by atoms with van der Waals surface area (Å²) in [6, 6.07) is 17.1. The molecule has 0 aliphatic carbocycles. The number of piperidine rings is 1. The highest BCUT2D eigenvalue weighted by molar-refractivity contribution is 5.53. The number of hydrogen-bond acceptors (Lipinski definition) is 4. The Morgan fingerprint density at radius 2 is 1.46 bits per heavy atom.